The van der Waals surface area contributed by atoms with Gasteiger partial charge in [0.25, 0.3) is 5.56 Å². The van der Waals surface area contributed by atoms with Gasteiger partial charge in [-0.2, -0.15) is 0 Å². The van der Waals surface area contributed by atoms with Crippen LogP contribution in [0.1, 0.15) is 77.2 Å². The molecule has 2 fully saturated rings. The van der Waals surface area contributed by atoms with Gasteiger partial charge in [0, 0.05) is 18.6 Å². The lowest BCUT2D eigenvalue weighted by Gasteiger charge is -2.25. The summed E-state index contributed by atoms with van der Waals surface area (Å²) in [4.78, 5) is 38.6. The topological polar surface area (TPSA) is 82.3 Å². The van der Waals surface area contributed by atoms with E-state index in [1.807, 2.05) is 0 Å². The maximum absolute atomic E-state index is 15.1. The summed E-state index contributed by atoms with van der Waals surface area (Å²) < 4.78 is 22.7. The first-order valence-corrected chi connectivity index (χ1v) is 12.2. The third kappa shape index (κ3) is 4.84. The molecule has 0 spiro atoms. The van der Waals surface area contributed by atoms with Crippen molar-refractivity contribution in [2.24, 2.45) is 5.92 Å². The molecule has 1 aromatic heterocycles. The van der Waals surface area contributed by atoms with Crippen LogP contribution in [0.5, 0.6) is 0 Å². The van der Waals surface area contributed by atoms with Crippen LogP contribution in [-0.2, 0) is 16.1 Å². The van der Waals surface area contributed by atoms with Crippen LogP contribution >= 0.6 is 0 Å². The van der Waals surface area contributed by atoms with Crippen LogP contribution in [0.3, 0.4) is 0 Å². The van der Waals surface area contributed by atoms with Gasteiger partial charge >= 0.3 is 11.7 Å². The molecule has 1 heterocycles. The van der Waals surface area contributed by atoms with E-state index in [1.165, 1.54) is 19.6 Å². The number of carbonyl (C=O) groups excluding carboxylic acids is 1. The molecule has 2 saturated carbocycles. The van der Waals surface area contributed by atoms with E-state index in [4.69, 9.17) is 4.74 Å². The van der Waals surface area contributed by atoms with Crippen LogP contribution in [0, 0.1) is 11.7 Å². The minimum absolute atomic E-state index is 0.0159. The molecule has 2 aromatic rings. The quantitative estimate of drug-likeness (QED) is 0.622. The van der Waals surface area contributed by atoms with Gasteiger partial charge in [-0.25, -0.2) is 9.18 Å². The Balaban J connectivity index is 1.79. The van der Waals surface area contributed by atoms with Crippen molar-refractivity contribution in [3.8, 4) is 0 Å². The van der Waals surface area contributed by atoms with Gasteiger partial charge < -0.3 is 10.1 Å². The van der Waals surface area contributed by atoms with E-state index in [9.17, 15) is 14.4 Å². The van der Waals surface area contributed by atoms with Gasteiger partial charge in [-0.15, -0.1) is 0 Å². The van der Waals surface area contributed by atoms with Crippen molar-refractivity contribution in [2.75, 3.05) is 12.4 Å². The number of ether oxygens (including phenoxy) is 1. The average molecular weight is 460 g/mol. The van der Waals surface area contributed by atoms with E-state index in [0.717, 1.165) is 55.9 Å². The van der Waals surface area contributed by atoms with Crippen LogP contribution in [0.25, 0.3) is 10.9 Å². The highest BCUT2D eigenvalue weighted by Crippen LogP contribution is 2.32. The number of methoxy groups -OCH3 is 1. The summed E-state index contributed by atoms with van der Waals surface area (Å²) in [6.07, 6.45) is 9.47. The molecule has 0 saturated heterocycles. The Morgan fingerprint density at radius 1 is 1.12 bits per heavy atom. The maximum atomic E-state index is 15.1. The van der Waals surface area contributed by atoms with E-state index in [1.54, 1.807) is 17.6 Å². The lowest BCUT2D eigenvalue weighted by atomic mass is 9.95. The molecule has 8 heteroatoms. The number of hydrogen-bond donors (Lipinski definition) is 1. The summed E-state index contributed by atoms with van der Waals surface area (Å²) in [5.41, 5.74) is -0.0398. The average Bonchev–Trinajstić information content (AvgIpc) is 3.34. The number of carbonyl (C=O) groups is 1. The molecule has 180 valence electrons. The molecule has 33 heavy (non-hydrogen) atoms. The van der Waals surface area contributed by atoms with Crippen LogP contribution in [-0.4, -0.2) is 28.3 Å². The lowest BCUT2D eigenvalue weighted by molar-refractivity contribution is -0.145. The molecule has 0 radical (unpaired) electrons. The zero-order valence-electron chi connectivity index (χ0n) is 19.6. The Labute approximate surface area is 192 Å². The molecule has 4 rings (SSSR count). The molecule has 0 bridgehead atoms. The standard InChI is InChI=1S/C25H34FN3O4/c1-16(24(31)33-2)12-13-28-23(30)19-14-20(26)21(27-17-8-4-3-5-9-17)15-22(19)29(25(28)32)18-10-6-7-11-18/h14-18,27H,3-13H2,1-2H3. The molecule has 1 atom stereocenters. The second kappa shape index (κ2) is 10.1. The number of aromatic nitrogens is 2. The molecule has 1 aromatic carbocycles. The number of nitrogens with zero attached hydrogens (tertiary/aromatic N) is 2. The van der Waals surface area contributed by atoms with E-state index in [0.29, 0.717) is 17.6 Å². The van der Waals surface area contributed by atoms with Crippen molar-refractivity contribution in [1.82, 2.24) is 9.13 Å². The monoisotopic (exact) mass is 459 g/mol. The number of hydrogen-bond acceptors (Lipinski definition) is 5. The van der Waals surface area contributed by atoms with Crippen molar-refractivity contribution in [1.29, 1.82) is 0 Å². The van der Waals surface area contributed by atoms with Crippen LogP contribution in [0.15, 0.2) is 21.7 Å². The summed E-state index contributed by atoms with van der Waals surface area (Å²) in [6.45, 7) is 1.79. The van der Waals surface area contributed by atoms with Crippen molar-refractivity contribution < 1.29 is 13.9 Å². The number of nitrogens with one attached hydrogen (secondary N) is 1. The normalized spacial score (nSPS) is 18.5. The van der Waals surface area contributed by atoms with Gasteiger partial charge in [0.15, 0.2) is 0 Å². The fourth-order valence-corrected chi connectivity index (χ4v) is 5.33. The van der Waals surface area contributed by atoms with E-state index in [-0.39, 0.29) is 35.7 Å². The highest BCUT2D eigenvalue weighted by molar-refractivity contribution is 5.82. The van der Waals surface area contributed by atoms with Crippen LogP contribution < -0.4 is 16.6 Å². The van der Waals surface area contributed by atoms with Crippen molar-refractivity contribution >= 4 is 22.6 Å². The number of esters is 1. The molecular formula is C25H34FN3O4. The Bertz CT molecular complexity index is 1130. The van der Waals surface area contributed by atoms with Crippen molar-refractivity contribution in [2.45, 2.75) is 89.8 Å². The highest BCUT2D eigenvalue weighted by atomic mass is 19.1. The van der Waals surface area contributed by atoms with Gasteiger partial charge in [0.1, 0.15) is 5.82 Å². The minimum atomic E-state index is -0.510. The fourth-order valence-electron chi connectivity index (χ4n) is 5.33. The van der Waals surface area contributed by atoms with Crippen molar-refractivity contribution in [3.63, 3.8) is 0 Å². The zero-order valence-corrected chi connectivity index (χ0v) is 19.6. The number of anilines is 1. The zero-order chi connectivity index (χ0) is 23.5. The maximum Gasteiger partial charge on any atom is 0.331 e. The van der Waals surface area contributed by atoms with Crippen LogP contribution in [0.4, 0.5) is 10.1 Å². The Morgan fingerprint density at radius 2 is 1.79 bits per heavy atom. The van der Waals surface area contributed by atoms with Crippen molar-refractivity contribution in [3.05, 3.63) is 38.8 Å². The first-order valence-electron chi connectivity index (χ1n) is 12.2. The minimum Gasteiger partial charge on any atom is -0.469 e. The molecule has 2 aliphatic rings. The van der Waals surface area contributed by atoms with E-state index >= 15 is 4.39 Å². The van der Waals surface area contributed by atoms with Gasteiger partial charge in [-0.05, 0) is 44.2 Å². The molecule has 2 aliphatic carbocycles. The SMILES string of the molecule is COC(=O)C(C)CCn1c(=O)c2cc(F)c(NC3CCCCC3)cc2n(C2CCCC2)c1=O. The molecule has 0 aliphatic heterocycles. The molecule has 1 N–H and O–H groups in total. The highest BCUT2D eigenvalue weighted by Gasteiger charge is 2.25. The van der Waals surface area contributed by atoms with E-state index < -0.39 is 17.3 Å². The number of benzene rings is 1. The smallest absolute Gasteiger partial charge is 0.331 e. The first kappa shape index (κ1) is 23.5. The van der Waals surface area contributed by atoms with Gasteiger partial charge in [0.2, 0.25) is 0 Å². The van der Waals surface area contributed by atoms with Crippen LogP contribution in [0.2, 0.25) is 0 Å². The first-order chi connectivity index (χ1) is 15.9. The predicted molar refractivity (Wildman–Crippen MR) is 126 cm³/mol. The molecule has 7 nitrogen and oxygen atoms in total. The lowest BCUT2D eigenvalue weighted by Crippen LogP contribution is -2.41. The number of halogens is 1. The second-order valence-corrected chi connectivity index (χ2v) is 9.59. The van der Waals surface area contributed by atoms with E-state index in [2.05, 4.69) is 5.32 Å². The van der Waals surface area contributed by atoms with Gasteiger partial charge in [-0.1, -0.05) is 39.0 Å². The Kier molecular flexibility index (Phi) is 7.20. The number of fused-ring (bicyclic) bond motifs is 1. The summed E-state index contributed by atoms with van der Waals surface area (Å²) in [7, 11) is 1.32. The number of rotatable bonds is 7. The Morgan fingerprint density at radius 3 is 2.45 bits per heavy atom. The summed E-state index contributed by atoms with van der Waals surface area (Å²) in [5.74, 6) is -1.31. The summed E-state index contributed by atoms with van der Waals surface area (Å²) in [6, 6.07) is 3.12. The summed E-state index contributed by atoms with van der Waals surface area (Å²) in [5, 5.41) is 3.53. The van der Waals surface area contributed by atoms with Gasteiger partial charge in [-0.3, -0.25) is 18.7 Å². The molecule has 1 unspecified atom stereocenters. The fraction of sp³-hybridized carbons (Fsp3) is 0.640. The molecular weight excluding hydrogens is 425 g/mol. The third-order valence-corrected chi connectivity index (χ3v) is 7.30. The molecule has 0 amide bonds. The third-order valence-electron chi connectivity index (χ3n) is 7.30. The predicted octanol–water partition coefficient (Wildman–Crippen LogP) is 4.36. The largest absolute Gasteiger partial charge is 0.469 e. The summed E-state index contributed by atoms with van der Waals surface area (Å²) >= 11 is 0. The second-order valence-electron chi connectivity index (χ2n) is 9.59. The van der Waals surface area contributed by atoms with Gasteiger partial charge in [0.05, 0.1) is 29.6 Å². The Hall–Kier alpha value is -2.64.